The zero-order chi connectivity index (χ0) is 26.0. The molecule has 0 aromatic heterocycles. The van der Waals surface area contributed by atoms with Gasteiger partial charge in [-0.1, -0.05) is 6.07 Å². The van der Waals surface area contributed by atoms with Gasteiger partial charge in [0.05, 0.1) is 24.8 Å². The highest BCUT2D eigenvalue weighted by Crippen LogP contribution is 2.44. The number of benzene rings is 3. The van der Waals surface area contributed by atoms with Gasteiger partial charge in [-0.25, -0.2) is 4.39 Å². The van der Waals surface area contributed by atoms with Crippen molar-refractivity contribution < 1.29 is 33.7 Å². The topological polar surface area (TPSA) is 96.3 Å². The van der Waals surface area contributed by atoms with Crippen LogP contribution in [0.2, 0.25) is 0 Å². The zero-order valence-electron chi connectivity index (χ0n) is 20.1. The van der Waals surface area contributed by atoms with E-state index in [0.29, 0.717) is 23.6 Å². The van der Waals surface area contributed by atoms with Crippen LogP contribution in [0.15, 0.2) is 66.2 Å². The van der Waals surface area contributed by atoms with Gasteiger partial charge in [-0.05, 0) is 86.5 Å². The summed E-state index contributed by atoms with van der Waals surface area (Å²) in [6.07, 6.45) is 0. The summed E-state index contributed by atoms with van der Waals surface area (Å²) in [6, 6.07) is 14.1. The van der Waals surface area contributed by atoms with Crippen LogP contribution in [0.1, 0.15) is 36.6 Å². The summed E-state index contributed by atoms with van der Waals surface area (Å²) >= 11 is 0. The Morgan fingerprint density at radius 1 is 0.972 bits per heavy atom. The van der Waals surface area contributed by atoms with Crippen LogP contribution in [0.25, 0.3) is 5.76 Å². The second-order valence-electron chi connectivity index (χ2n) is 8.22. The Kier molecular flexibility index (Phi) is 6.96. The maximum Gasteiger partial charge on any atom is 0.300 e. The van der Waals surface area contributed by atoms with Crippen LogP contribution >= 0.6 is 0 Å². The van der Waals surface area contributed by atoms with Gasteiger partial charge in [-0.15, -0.1) is 0 Å². The summed E-state index contributed by atoms with van der Waals surface area (Å²) in [5.41, 5.74) is 1.16. The standard InChI is InChI=1S/C28H26FNO6/c1-4-35-20-10-8-19(9-11-20)30-25(17-7-13-22(31)23(15-17)36-5-2)24(27(33)28(30)34)26(32)18-6-12-21(29)16(3)14-18/h6-15,25,31-32H,4-5H2,1-3H3/b26-24-. The molecule has 0 spiro atoms. The lowest BCUT2D eigenvalue weighted by Gasteiger charge is -2.26. The minimum atomic E-state index is -1.03. The smallest absolute Gasteiger partial charge is 0.300 e. The van der Waals surface area contributed by atoms with Crippen molar-refractivity contribution in [3.8, 4) is 17.2 Å². The normalized spacial score (nSPS) is 16.9. The first-order chi connectivity index (χ1) is 17.3. The molecular weight excluding hydrogens is 465 g/mol. The lowest BCUT2D eigenvalue weighted by molar-refractivity contribution is -0.132. The molecule has 1 amide bonds. The molecule has 1 saturated heterocycles. The Morgan fingerprint density at radius 2 is 1.67 bits per heavy atom. The van der Waals surface area contributed by atoms with Crippen molar-refractivity contribution in [2.45, 2.75) is 26.8 Å². The van der Waals surface area contributed by atoms with E-state index in [0.717, 1.165) is 0 Å². The number of aromatic hydroxyl groups is 1. The van der Waals surface area contributed by atoms with Crippen molar-refractivity contribution in [1.29, 1.82) is 0 Å². The zero-order valence-corrected chi connectivity index (χ0v) is 20.1. The van der Waals surface area contributed by atoms with Gasteiger partial charge >= 0.3 is 0 Å². The van der Waals surface area contributed by atoms with Crippen LogP contribution < -0.4 is 14.4 Å². The van der Waals surface area contributed by atoms with E-state index in [1.54, 1.807) is 37.3 Å². The van der Waals surface area contributed by atoms with E-state index in [4.69, 9.17) is 9.47 Å². The van der Waals surface area contributed by atoms with E-state index in [-0.39, 0.29) is 34.8 Å². The fourth-order valence-electron chi connectivity index (χ4n) is 4.20. The van der Waals surface area contributed by atoms with Crippen molar-refractivity contribution in [2.24, 2.45) is 0 Å². The van der Waals surface area contributed by atoms with Gasteiger partial charge < -0.3 is 19.7 Å². The number of carbonyl (C=O) groups excluding carboxylic acids is 2. The van der Waals surface area contributed by atoms with Gasteiger partial charge in [0, 0.05) is 11.3 Å². The second-order valence-corrected chi connectivity index (χ2v) is 8.22. The largest absolute Gasteiger partial charge is 0.507 e. The third-order valence-electron chi connectivity index (χ3n) is 5.90. The molecule has 186 valence electrons. The third-order valence-corrected chi connectivity index (χ3v) is 5.90. The molecule has 0 radical (unpaired) electrons. The van der Waals surface area contributed by atoms with Crippen molar-refractivity contribution >= 4 is 23.1 Å². The number of carbonyl (C=O) groups is 2. The molecule has 1 aliphatic heterocycles. The number of ether oxygens (including phenoxy) is 2. The molecule has 0 bridgehead atoms. The Bertz CT molecular complexity index is 1350. The quantitative estimate of drug-likeness (QED) is 0.266. The molecule has 7 nitrogen and oxygen atoms in total. The molecule has 1 atom stereocenters. The fraction of sp³-hybridized carbons (Fsp3) is 0.214. The molecule has 36 heavy (non-hydrogen) atoms. The number of anilines is 1. The molecule has 1 aliphatic rings. The lowest BCUT2D eigenvalue weighted by atomic mass is 9.94. The Labute approximate surface area is 208 Å². The fourth-order valence-corrected chi connectivity index (χ4v) is 4.20. The molecule has 4 rings (SSSR count). The first-order valence-electron chi connectivity index (χ1n) is 11.5. The summed E-state index contributed by atoms with van der Waals surface area (Å²) in [5, 5.41) is 21.4. The predicted molar refractivity (Wildman–Crippen MR) is 133 cm³/mol. The molecule has 8 heteroatoms. The SMILES string of the molecule is CCOc1ccc(N2C(=O)C(=O)/C(=C(\O)c3ccc(F)c(C)c3)C2c2ccc(O)c(OCC)c2)cc1. The number of hydrogen-bond donors (Lipinski definition) is 2. The number of rotatable bonds is 7. The van der Waals surface area contributed by atoms with Gasteiger partial charge in [0.2, 0.25) is 0 Å². The van der Waals surface area contributed by atoms with Crippen LogP contribution in [-0.2, 0) is 9.59 Å². The van der Waals surface area contributed by atoms with Gasteiger partial charge in [-0.3, -0.25) is 14.5 Å². The highest BCUT2D eigenvalue weighted by atomic mass is 19.1. The Morgan fingerprint density at radius 3 is 2.31 bits per heavy atom. The minimum absolute atomic E-state index is 0.104. The van der Waals surface area contributed by atoms with E-state index in [2.05, 4.69) is 0 Å². The van der Waals surface area contributed by atoms with E-state index in [1.165, 1.54) is 42.2 Å². The minimum Gasteiger partial charge on any atom is -0.507 e. The number of phenols is 1. The lowest BCUT2D eigenvalue weighted by Crippen LogP contribution is -2.29. The summed E-state index contributed by atoms with van der Waals surface area (Å²) in [6.45, 7) is 5.90. The highest BCUT2D eigenvalue weighted by Gasteiger charge is 2.47. The molecule has 2 N–H and O–H groups in total. The molecular formula is C28H26FNO6. The molecule has 1 fully saturated rings. The number of aliphatic hydroxyl groups excluding tert-OH is 1. The number of amides is 1. The molecule has 1 unspecified atom stereocenters. The second kappa shape index (κ2) is 10.1. The molecule has 0 saturated carbocycles. The number of phenolic OH excluding ortho intramolecular Hbond substituents is 1. The van der Waals surface area contributed by atoms with Crippen molar-refractivity contribution in [1.82, 2.24) is 0 Å². The first-order valence-corrected chi connectivity index (χ1v) is 11.5. The number of nitrogens with zero attached hydrogens (tertiary/aromatic N) is 1. The van der Waals surface area contributed by atoms with Gasteiger partial charge in [0.15, 0.2) is 11.5 Å². The van der Waals surface area contributed by atoms with Crippen LogP contribution in [0, 0.1) is 12.7 Å². The first kappa shape index (κ1) is 24.8. The number of aryl methyl sites for hydroxylation is 1. The molecule has 3 aromatic carbocycles. The number of halogens is 1. The van der Waals surface area contributed by atoms with Crippen LogP contribution in [0.3, 0.4) is 0 Å². The van der Waals surface area contributed by atoms with E-state index in [9.17, 15) is 24.2 Å². The Hall–Kier alpha value is -4.33. The van der Waals surface area contributed by atoms with E-state index in [1.807, 2.05) is 6.92 Å². The van der Waals surface area contributed by atoms with E-state index >= 15 is 0 Å². The van der Waals surface area contributed by atoms with Gasteiger partial charge in [0.25, 0.3) is 11.7 Å². The maximum atomic E-state index is 13.9. The predicted octanol–water partition coefficient (Wildman–Crippen LogP) is 5.26. The summed E-state index contributed by atoms with van der Waals surface area (Å²) < 4.78 is 24.9. The Balaban J connectivity index is 1.93. The highest BCUT2D eigenvalue weighted by molar-refractivity contribution is 6.51. The average Bonchev–Trinajstić information content (AvgIpc) is 3.13. The van der Waals surface area contributed by atoms with Crippen LogP contribution in [0.5, 0.6) is 17.2 Å². The summed E-state index contributed by atoms with van der Waals surface area (Å²) in [4.78, 5) is 27.9. The molecule has 3 aromatic rings. The molecule has 0 aliphatic carbocycles. The van der Waals surface area contributed by atoms with Crippen LogP contribution in [0.4, 0.5) is 10.1 Å². The van der Waals surface area contributed by atoms with Crippen LogP contribution in [-0.4, -0.2) is 35.1 Å². The van der Waals surface area contributed by atoms with Gasteiger partial charge in [-0.2, -0.15) is 0 Å². The number of Topliss-reactive ketones (excluding diaryl/α,β-unsaturated/α-hetero) is 1. The van der Waals surface area contributed by atoms with Crippen molar-refractivity contribution in [3.05, 3.63) is 88.7 Å². The summed E-state index contributed by atoms with van der Waals surface area (Å²) in [5.74, 6) is -1.95. The average molecular weight is 492 g/mol. The van der Waals surface area contributed by atoms with Crippen molar-refractivity contribution in [2.75, 3.05) is 18.1 Å². The third kappa shape index (κ3) is 4.49. The van der Waals surface area contributed by atoms with E-state index < -0.39 is 29.3 Å². The van der Waals surface area contributed by atoms with Gasteiger partial charge in [0.1, 0.15) is 17.3 Å². The number of aliphatic hydroxyl groups is 1. The summed E-state index contributed by atoms with van der Waals surface area (Å²) in [7, 11) is 0. The monoisotopic (exact) mass is 491 g/mol. The molecule has 1 heterocycles. The number of hydrogen-bond acceptors (Lipinski definition) is 6. The maximum absolute atomic E-state index is 13.9. The van der Waals surface area contributed by atoms with Crippen molar-refractivity contribution in [3.63, 3.8) is 0 Å². The number of ketones is 1.